The average Bonchev–Trinajstić information content (AvgIpc) is 2.82. The smallest absolute Gasteiger partial charge is 0.252 e. The Morgan fingerprint density at radius 2 is 1.97 bits per heavy atom. The Balaban J connectivity index is 1.61. The van der Waals surface area contributed by atoms with E-state index in [9.17, 15) is 9.18 Å². The first-order valence-corrected chi connectivity index (χ1v) is 11.7. The van der Waals surface area contributed by atoms with E-state index in [1.165, 1.54) is 0 Å². The molecule has 1 fully saturated rings. The number of anilines is 3. The van der Waals surface area contributed by atoms with Gasteiger partial charge in [-0.05, 0) is 56.5 Å². The van der Waals surface area contributed by atoms with E-state index in [4.69, 9.17) is 16.2 Å². The van der Waals surface area contributed by atoms with Crippen molar-refractivity contribution in [2.75, 3.05) is 10.6 Å². The molecule has 3 atom stereocenters. The molecule has 2 heterocycles. The molecule has 6 N–H and O–H groups in total. The van der Waals surface area contributed by atoms with Crippen LogP contribution in [0.2, 0.25) is 0 Å². The molecule has 2 aromatic heterocycles. The minimum atomic E-state index is -0.774. The lowest BCUT2D eigenvalue weighted by Gasteiger charge is -2.30. The predicted octanol–water partition coefficient (Wildman–Crippen LogP) is 4.47. The van der Waals surface area contributed by atoms with E-state index < -0.39 is 11.7 Å². The summed E-state index contributed by atoms with van der Waals surface area (Å²) in [5, 5.41) is 7.10. The number of pyridine rings is 2. The van der Waals surface area contributed by atoms with Crippen molar-refractivity contribution in [1.82, 2.24) is 9.97 Å². The van der Waals surface area contributed by atoms with Crippen LogP contribution in [-0.4, -0.2) is 34.1 Å². The van der Waals surface area contributed by atoms with Crippen molar-refractivity contribution in [3.05, 3.63) is 47.8 Å². The number of halogens is 1. The van der Waals surface area contributed by atoms with Crippen molar-refractivity contribution in [3.8, 4) is 5.88 Å². The van der Waals surface area contributed by atoms with Crippen LogP contribution in [0.5, 0.6) is 5.88 Å². The van der Waals surface area contributed by atoms with E-state index in [1.54, 1.807) is 0 Å². The fraction of sp³-hybridized carbons (Fsp3) is 0.400. The molecule has 0 saturated heterocycles. The van der Waals surface area contributed by atoms with Gasteiger partial charge in [0.2, 0.25) is 5.88 Å². The molecule has 0 aliphatic heterocycles. The molecule has 0 bridgehead atoms. The van der Waals surface area contributed by atoms with Crippen LogP contribution in [0.15, 0.2) is 36.4 Å². The molecular weight excluding hydrogens is 435 g/mol. The number of nitrogens with zero attached hydrogens (tertiary/aromatic N) is 2. The molecule has 1 amide bonds. The molecule has 1 saturated carbocycles. The topological polar surface area (TPSA) is 128 Å². The number of primary amides is 1. The lowest BCUT2D eigenvalue weighted by molar-refractivity contribution is 0.100. The summed E-state index contributed by atoms with van der Waals surface area (Å²) in [6, 6.07) is 10.2. The van der Waals surface area contributed by atoms with Crippen LogP contribution in [0.3, 0.4) is 0 Å². The van der Waals surface area contributed by atoms with E-state index in [0.717, 1.165) is 49.1 Å². The molecule has 9 heteroatoms. The number of nitrogens with two attached hydrogens (primary N) is 2. The molecular formula is C25H31FN6O2. The third kappa shape index (κ3) is 5.36. The second-order valence-electron chi connectivity index (χ2n) is 8.80. The second-order valence-corrected chi connectivity index (χ2v) is 8.80. The van der Waals surface area contributed by atoms with E-state index in [0.29, 0.717) is 11.6 Å². The van der Waals surface area contributed by atoms with E-state index in [1.807, 2.05) is 37.3 Å². The van der Waals surface area contributed by atoms with Crippen molar-refractivity contribution in [3.63, 3.8) is 0 Å². The maximum Gasteiger partial charge on any atom is 0.252 e. The largest absolute Gasteiger partial charge is 0.475 e. The lowest BCUT2D eigenvalue weighted by atomic mass is 9.91. The zero-order chi connectivity index (χ0) is 24.2. The molecule has 180 valence electrons. The van der Waals surface area contributed by atoms with Crippen LogP contribution in [0, 0.1) is 5.82 Å². The lowest BCUT2D eigenvalue weighted by Crippen LogP contribution is -2.43. The number of carbonyl (C=O) groups is 1. The van der Waals surface area contributed by atoms with Crippen molar-refractivity contribution in [2.45, 2.75) is 64.1 Å². The molecule has 0 radical (unpaired) electrons. The second kappa shape index (κ2) is 10.2. The van der Waals surface area contributed by atoms with Crippen molar-refractivity contribution >= 4 is 34.1 Å². The van der Waals surface area contributed by atoms with Crippen molar-refractivity contribution in [1.29, 1.82) is 0 Å². The summed E-state index contributed by atoms with van der Waals surface area (Å²) < 4.78 is 20.5. The number of carbonyl (C=O) groups excluding carboxylic acids is 1. The van der Waals surface area contributed by atoms with Gasteiger partial charge in [0.1, 0.15) is 5.82 Å². The van der Waals surface area contributed by atoms with Gasteiger partial charge in [0.25, 0.3) is 5.91 Å². The van der Waals surface area contributed by atoms with Gasteiger partial charge >= 0.3 is 0 Å². The molecule has 2 unspecified atom stereocenters. The number of hydrogen-bond acceptors (Lipinski definition) is 7. The Bertz CT molecular complexity index is 1190. The summed E-state index contributed by atoms with van der Waals surface area (Å²) in [6.07, 6.45) is 4.76. The van der Waals surface area contributed by atoms with Gasteiger partial charge in [-0.25, -0.2) is 14.4 Å². The van der Waals surface area contributed by atoms with Crippen LogP contribution in [0.4, 0.5) is 21.7 Å². The zero-order valence-electron chi connectivity index (χ0n) is 19.5. The molecule has 34 heavy (non-hydrogen) atoms. The van der Waals surface area contributed by atoms with Gasteiger partial charge in [0.05, 0.1) is 17.2 Å². The summed E-state index contributed by atoms with van der Waals surface area (Å²) >= 11 is 0. The van der Waals surface area contributed by atoms with E-state index in [-0.39, 0.29) is 35.4 Å². The highest BCUT2D eigenvalue weighted by Gasteiger charge is 2.24. The van der Waals surface area contributed by atoms with Gasteiger partial charge in [-0.15, -0.1) is 0 Å². The molecule has 1 aliphatic rings. The van der Waals surface area contributed by atoms with Crippen molar-refractivity contribution in [2.24, 2.45) is 11.5 Å². The first-order valence-electron chi connectivity index (χ1n) is 11.7. The highest BCUT2D eigenvalue weighted by Crippen LogP contribution is 2.28. The number of benzene rings is 1. The Morgan fingerprint density at radius 1 is 1.18 bits per heavy atom. The van der Waals surface area contributed by atoms with Crippen LogP contribution in [0.1, 0.15) is 56.3 Å². The van der Waals surface area contributed by atoms with Crippen LogP contribution in [-0.2, 0) is 0 Å². The molecule has 4 rings (SSSR count). The Kier molecular flexibility index (Phi) is 7.12. The minimum absolute atomic E-state index is 0.0356. The van der Waals surface area contributed by atoms with Gasteiger partial charge in [-0.2, -0.15) is 0 Å². The fourth-order valence-electron chi connectivity index (χ4n) is 4.06. The third-order valence-electron chi connectivity index (χ3n) is 6.21. The maximum atomic E-state index is 14.8. The molecule has 0 spiro atoms. The van der Waals surface area contributed by atoms with E-state index >= 15 is 0 Å². The summed E-state index contributed by atoms with van der Waals surface area (Å²) in [4.78, 5) is 20.9. The maximum absolute atomic E-state index is 14.8. The van der Waals surface area contributed by atoms with Gasteiger partial charge in [0, 0.05) is 29.2 Å². The highest BCUT2D eigenvalue weighted by molar-refractivity contribution is 5.99. The van der Waals surface area contributed by atoms with Crippen LogP contribution >= 0.6 is 0 Å². The van der Waals surface area contributed by atoms with E-state index in [2.05, 4.69) is 27.5 Å². The summed E-state index contributed by atoms with van der Waals surface area (Å²) in [5.41, 5.74) is 13.1. The third-order valence-corrected chi connectivity index (χ3v) is 6.21. The van der Waals surface area contributed by atoms with Crippen LogP contribution in [0.25, 0.3) is 10.9 Å². The summed E-state index contributed by atoms with van der Waals surface area (Å²) in [5.74, 6) is -0.637. The van der Waals surface area contributed by atoms with Gasteiger partial charge in [0.15, 0.2) is 11.6 Å². The molecule has 3 aromatic rings. The number of rotatable bonds is 8. The standard InChI is InChI=1S/C25H31FN6O2/c1-3-14(2)34-22-11-8-15-12-16(9-10-20(15)30-22)29-24-17(23(28)33)13-18(26)25(32-24)31-21-7-5-4-6-19(21)27/h8-14,19,21H,3-7,27H2,1-2H3,(H2,28,33)(H2,29,31,32)/t14?,19-,21?/m0/s1. The minimum Gasteiger partial charge on any atom is -0.475 e. The highest BCUT2D eigenvalue weighted by atomic mass is 19.1. The number of nitrogens with one attached hydrogen (secondary N) is 2. The van der Waals surface area contributed by atoms with Crippen molar-refractivity contribution < 1.29 is 13.9 Å². The van der Waals surface area contributed by atoms with Gasteiger partial charge < -0.3 is 26.8 Å². The SMILES string of the molecule is CCC(C)Oc1ccc2cc(Nc3nc(NC4CCCC[C@@H]4N)c(F)cc3C(N)=O)ccc2n1. The summed E-state index contributed by atoms with van der Waals surface area (Å²) in [7, 11) is 0. The number of aromatic nitrogens is 2. The van der Waals surface area contributed by atoms with Gasteiger partial charge in [-0.3, -0.25) is 4.79 Å². The number of fused-ring (bicyclic) bond motifs is 1. The Hall–Kier alpha value is -3.46. The summed E-state index contributed by atoms with van der Waals surface area (Å²) in [6.45, 7) is 4.05. The molecule has 1 aromatic carbocycles. The normalized spacial score (nSPS) is 18.9. The Morgan fingerprint density at radius 3 is 2.71 bits per heavy atom. The zero-order valence-corrected chi connectivity index (χ0v) is 19.5. The van der Waals surface area contributed by atoms with Crippen LogP contribution < -0.4 is 26.8 Å². The van der Waals surface area contributed by atoms with Gasteiger partial charge in [-0.1, -0.05) is 19.8 Å². The quantitative estimate of drug-likeness (QED) is 0.385. The Labute approximate surface area is 198 Å². The fourth-order valence-corrected chi connectivity index (χ4v) is 4.06. The first-order chi connectivity index (χ1) is 16.3. The monoisotopic (exact) mass is 466 g/mol. The first kappa shape index (κ1) is 23.7. The average molecular weight is 467 g/mol. The molecule has 1 aliphatic carbocycles. The molecule has 8 nitrogen and oxygen atoms in total. The number of hydrogen-bond donors (Lipinski definition) is 4. The number of amides is 1. The predicted molar refractivity (Wildman–Crippen MR) is 132 cm³/mol. The number of ether oxygens (including phenoxy) is 1.